The maximum absolute atomic E-state index is 12.3. The summed E-state index contributed by atoms with van der Waals surface area (Å²) < 4.78 is 4.93. The van der Waals surface area contributed by atoms with Crippen LogP contribution in [0.15, 0.2) is 18.2 Å². The summed E-state index contributed by atoms with van der Waals surface area (Å²) in [5.74, 6) is -0.589. The summed E-state index contributed by atoms with van der Waals surface area (Å²) in [6, 6.07) is 4.30. The third-order valence-electron chi connectivity index (χ3n) is 5.16. The van der Waals surface area contributed by atoms with Crippen molar-refractivity contribution in [2.24, 2.45) is 11.3 Å². The Labute approximate surface area is 152 Å². The van der Waals surface area contributed by atoms with Crippen LogP contribution in [-0.2, 0) is 9.53 Å². The second kappa shape index (κ2) is 7.72. The fraction of sp³-hybridized carbons (Fsp3) is 0.556. The number of non-ortho nitro benzene ring substituents is 1. The van der Waals surface area contributed by atoms with Crippen molar-refractivity contribution in [3.63, 3.8) is 0 Å². The van der Waals surface area contributed by atoms with E-state index in [2.05, 4.69) is 5.32 Å². The second-order valence-electron chi connectivity index (χ2n) is 7.04. The van der Waals surface area contributed by atoms with Gasteiger partial charge in [0.05, 0.1) is 28.7 Å². The quantitative estimate of drug-likeness (QED) is 0.489. The number of carbonyl (C=O) groups excluding carboxylic acids is 2. The van der Waals surface area contributed by atoms with Gasteiger partial charge in [-0.1, -0.05) is 0 Å². The van der Waals surface area contributed by atoms with Gasteiger partial charge in [-0.05, 0) is 38.7 Å². The number of benzene rings is 1. The summed E-state index contributed by atoms with van der Waals surface area (Å²) >= 11 is 0. The van der Waals surface area contributed by atoms with Crippen LogP contribution >= 0.6 is 0 Å². The fourth-order valence-corrected chi connectivity index (χ4v) is 3.44. The number of nitro benzene ring substituents is 1. The van der Waals surface area contributed by atoms with E-state index in [1.54, 1.807) is 6.07 Å². The van der Waals surface area contributed by atoms with Crippen LogP contribution in [0, 0.1) is 21.4 Å². The Morgan fingerprint density at radius 1 is 1.38 bits per heavy atom. The first-order valence-corrected chi connectivity index (χ1v) is 8.56. The maximum Gasteiger partial charge on any atom is 0.311 e. The van der Waals surface area contributed by atoms with Gasteiger partial charge >= 0.3 is 5.97 Å². The minimum atomic E-state index is -0.651. The van der Waals surface area contributed by atoms with Crippen molar-refractivity contribution in [3.05, 3.63) is 33.9 Å². The normalized spacial score (nSPS) is 17.5. The molecule has 0 saturated carbocycles. The number of methoxy groups -OCH3 is 1. The molecule has 0 aromatic heterocycles. The molecule has 0 spiro atoms. The Hall–Kier alpha value is -2.64. The highest BCUT2D eigenvalue weighted by molar-refractivity contribution is 6.00. The number of nitrogens with one attached hydrogen (secondary N) is 1. The largest absolute Gasteiger partial charge is 0.469 e. The first-order chi connectivity index (χ1) is 12.2. The lowest BCUT2D eigenvalue weighted by molar-refractivity contribution is -0.384. The van der Waals surface area contributed by atoms with Gasteiger partial charge in [-0.25, -0.2) is 0 Å². The zero-order valence-electron chi connectivity index (χ0n) is 15.6. The molecule has 142 valence electrons. The van der Waals surface area contributed by atoms with Gasteiger partial charge in [0.1, 0.15) is 0 Å². The third kappa shape index (κ3) is 3.79. The van der Waals surface area contributed by atoms with E-state index in [-0.39, 0.29) is 29.0 Å². The smallest absolute Gasteiger partial charge is 0.311 e. The Balaban J connectivity index is 2.36. The average molecular weight is 363 g/mol. The highest BCUT2D eigenvalue weighted by Gasteiger charge is 2.40. The number of anilines is 1. The standard InChI is InChI=1S/C18H25N3O5/c1-18(2,17(23)26-4)12-6-5-9-20(11-12)15-8-7-13(21(24)25)10-14(15)16(22)19-3/h7-8,10,12H,5-6,9,11H2,1-4H3,(H,19,22). The molecule has 1 aromatic carbocycles. The van der Waals surface area contributed by atoms with Crippen molar-refractivity contribution < 1.29 is 19.2 Å². The van der Waals surface area contributed by atoms with Crippen molar-refractivity contribution in [1.82, 2.24) is 5.32 Å². The molecule has 1 unspecified atom stereocenters. The summed E-state index contributed by atoms with van der Waals surface area (Å²) in [5.41, 5.74) is 0.121. The van der Waals surface area contributed by atoms with E-state index in [1.807, 2.05) is 18.7 Å². The molecule has 1 aliphatic rings. The van der Waals surface area contributed by atoms with Gasteiger partial charge < -0.3 is 15.0 Å². The van der Waals surface area contributed by atoms with Crippen molar-refractivity contribution in [2.45, 2.75) is 26.7 Å². The summed E-state index contributed by atoms with van der Waals surface area (Å²) in [6.07, 6.45) is 1.73. The topological polar surface area (TPSA) is 102 Å². The number of esters is 1. The van der Waals surface area contributed by atoms with Gasteiger partial charge in [-0.3, -0.25) is 19.7 Å². The molecule has 2 rings (SSSR count). The number of nitro groups is 1. The minimum absolute atomic E-state index is 0.0522. The summed E-state index contributed by atoms with van der Waals surface area (Å²) in [5, 5.41) is 13.6. The van der Waals surface area contributed by atoms with Gasteiger partial charge in [-0.15, -0.1) is 0 Å². The number of hydrogen-bond acceptors (Lipinski definition) is 6. The van der Waals surface area contributed by atoms with Crippen molar-refractivity contribution in [2.75, 3.05) is 32.1 Å². The molecule has 1 N–H and O–H groups in total. The van der Waals surface area contributed by atoms with Crippen LogP contribution in [0.2, 0.25) is 0 Å². The number of hydrogen-bond donors (Lipinski definition) is 1. The van der Waals surface area contributed by atoms with Crippen LogP contribution in [-0.4, -0.2) is 44.0 Å². The Morgan fingerprint density at radius 3 is 2.65 bits per heavy atom. The van der Waals surface area contributed by atoms with E-state index in [0.717, 1.165) is 19.4 Å². The van der Waals surface area contributed by atoms with Crippen molar-refractivity contribution in [3.8, 4) is 0 Å². The maximum atomic E-state index is 12.3. The molecule has 1 fully saturated rings. The van der Waals surface area contributed by atoms with Gasteiger partial charge in [0.2, 0.25) is 0 Å². The predicted octanol–water partition coefficient (Wildman–Crippen LogP) is 2.37. The lowest BCUT2D eigenvalue weighted by atomic mass is 9.74. The molecule has 0 radical (unpaired) electrons. The molecule has 1 atom stereocenters. The highest BCUT2D eigenvalue weighted by Crippen LogP contribution is 2.37. The van der Waals surface area contributed by atoms with Gasteiger partial charge in [0.15, 0.2) is 0 Å². The Kier molecular flexibility index (Phi) is 5.84. The molecule has 8 heteroatoms. The number of ether oxygens (including phenoxy) is 1. The van der Waals surface area contributed by atoms with Crippen molar-refractivity contribution >= 4 is 23.3 Å². The van der Waals surface area contributed by atoms with E-state index >= 15 is 0 Å². The van der Waals surface area contributed by atoms with Crippen LogP contribution in [0.1, 0.15) is 37.0 Å². The number of piperidine rings is 1. The molecule has 0 bridgehead atoms. The highest BCUT2D eigenvalue weighted by atomic mass is 16.6. The Bertz CT molecular complexity index is 717. The molecule has 1 amide bonds. The monoisotopic (exact) mass is 363 g/mol. The van der Waals surface area contributed by atoms with Crippen LogP contribution in [0.4, 0.5) is 11.4 Å². The fourth-order valence-electron chi connectivity index (χ4n) is 3.44. The van der Waals surface area contributed by atoms with E-state index in [0.29, 0.717) is 12.2 Å². The SMILES string of the molecule is CNC(=O)c1cc([N+](=O)[O-])ccc1N1CCCC(C(C)(C)C(=O)OC)C1. The molecule has 1 heterocycles. The molecular weight excluding hydrogens is 338 g/mol. The van der Waals surface area contributed by atoms with Crippen molar-refractivity contribution in [1.29, 1.82) is 0 Å². The van der Waals surface area contributed by atoms with Crippen LogP contribution in [0.25, 0.3) is 0 Å². The number of nitrogens with zero attached hydrogens (tertiary/aromatic N) is 2. The molecule has 1 aromatic rings. The number of amides is 1. The molecule has 1 aliphatic heterocycles. The zero-order valence-corrected chi connectivity index (χ0v) is 15.6. The Morgan fingerprint density at radius 2 is 2.08 bits per heavy atom. The molecule has 1 saturated heterocycles. The minimum Gasteiger partial charge on any atom is -0.469 e. The van der Waals surface area contributed by atoms with E-state index in [4.69, 9.17) is 4.74 Å². The lowest BCUT2D eigenvalue weighted by Crippen LogP contribution is -2.45. The number of carbonyl (C=O) groups is 2. The molecule has 26 heavy (non-hydrogen) atoms. The van der Waals surface area contributed by atoms with Crippen LogP contribution < -0.4 is 10.2 Å². The van der Waals surface area contributed by atoms with Gasteiger partial charge in [0.25, 0.3) is 11.6 Å². The summed E-state index contributed by atoms with van der Waals surface area (Å²) in [6.45, 7) is 5.02. The van der Waals surface area contributed by atoms with E-state index in [9.17, 15) is 19.7 Å². The van der Waals surface area contributed by atoms with Gasteiger partial charge in [0, 0.05) is 32.3 Å². The molecule has 0 aliphatic carbocycles. The zero-order chi connectivity index (χ0) is 19.5. The summed E-state index contributed by atoms with van der Waals surface area (Å²) in [7, 11) is 2.87. The molecular formula is C18H25N3O5. The average Bonchev–Trinajstić information content (AvgIpc) is 2.66. The summed E-state index contributed by atoms with van der Waals surface area (Å²) in [4.78, 5) is 36.9. The van der Waals surface area contributed by atoms with Gasteiger partial charge in [-0.2, -0.15) is 0 Å². The first-order valence-electron chi connectivity index (χ1n) is 8.56. The van der Waals surface area contributed by atoms with E-state index in [1.165, 1.54) is 26.3 Å². The second-order valence-corrected chi connectivity index (χ2v) is 7.04. The first kappa shape index (κ1) is 19.7. The predicted molar refractivity (Wildman–Crippen MR) is 97.2 cm³/mol. The van der Waals surface area contributed by atoms with E-state index < -0.39 is 10.3 Å². The molecule has 8 nitrogen and oxygen atoms in total. The third-order valence-corrected chi connectivity index (χ3v) is 5.16. The van der Waals surface area contributed by atoms with Crippen LogP contribution in [0.3, 0.4) is 0 Å². The lowest BCUT2D eigenvalue weighted by Gasteiger charge is -2.41. The van der Waals surface area contributed by atoms with Crippen LogP contribution in [0.5, 0.6) is 0 Å². The number of rotatable bonds is 5.